The standard InChI is InChI=1S/C14H20N2O/c15-10-12-5-3-4-11(8-12)9-14(17)16-13-6-1-2-7-13/h3-5,8,13H,1-2,6-7,9-10,15H2,(H,16,17). The maximum atomic E-state index is 11.8. The van der Waals surface area contributed by atoms with Gasteiger partial charge in [0.25, 0.3) is 0 Å². The fraction of sp³-hybridized carbons (Fsp3) is 0.500. The summed E-state index contributed by atoms with van der Waals surface area (Å²) in [6, 6.07) is 8.33. The van der Waals surface area contributed by atoms with Gasteiger partial charge in [-0.15, -0.1) is 0 Å². The highest BCUT2D eigenvalue weighted by molar-refractivity contribution is 5.78. The van der Waals surface area contributed by atoms with Gasteiger partial charge in [0.1, 0.15) is 0 Å². The van der Waals surface area contributed by atoms with E-state index in [1.807, 2.05) is 24.3 Å². The second kappa shape index (κ2) is 5.82. The Bertz CT molecular complexity index is 384. The summed E-state index contributed by atoms with van der Waals surface area (Å²) < 4.78 is 0. The molecule has 0 aromatic heterocycles. The molecule has 1 saturated carbocycles. The van der Waals surface area contributed by atoms with Crippen molar-refractivity contribution in [2.45, 2.75) is 44.7 Å². The molecule has 17 heavy (non-hydrogen) atoms. The molecular formula is C14H20N2O. The van der Waals surface area contributed by atoms with Gasteiger partial charge < -0.3 is 11.1 Å². The van der Waals surface area contributed by atoms with Crippen LogP contribution in [0.25, 0.3) is 0 Å². The number of carbonyl (C=O) groups excluding carboxylic acids is 1. The summed E-state index contributed by atoms with van der Waals surface area (Å²) in [7, 11) is 0. The van der Waals surface area contributed by atoms with Crippen molar-refractivity contribution in [1.29, 1.82) is 0 Å². The van der Waals surface area contributed by atoms with Gasteiger partial charge in [0.15, 0.2) is 0 Å². The number of amides is 1. The lowest BCUT2D eigenvalue weighted by atomic mass is 10.1. The van der Waals surface area contributed by atoms with Gasteiger partial charge in [-0.05, 0) is 24.0 Å². The third-order valence-corrected chi connectivity index (χ3v) is 3.31. The van der Waals surface area contributed by atoms with Crippen LogP contribution in [0.3, 0.4) is 0 Å². The Hall–Kier alpha value is -1.35. The van der Waals surface area contributed by atoms with Gasteiger partial charge in [0, 0.05) is 12.6 Å². The number of carbonyl (C=O) groups is 1. The Balaban J connectivity index is 1.88. The molecule has 0 aliphatic heterocycles. The molecule has 2 rings (SSSR count). The Labute approximate surface area is 102 Å². The number of rotatable bonds is 4. The lowest BCUT2D eigenvalue weighted by Gasteiger charge is -2.12. The molecule has 3 N–H and O–H groups in total. The van der Waals surface area contributed by atoms with Crippen molar-refractivity contribution < 1.29 is 4.79 Å². The molecule has 1 amide bonds. The lowest BCUT2D eigenvalue weighted by Crippen LogP contribution is -2.33. The van der Waals surface area contributed by atoms with E-state index in [0.29, 0.717) is 19.0 Å². The second-order valence-electron chi connectivity index (χ2n) is 4.75. The first kappa shape index (κ1) is 12.1. The number of benzene rings is 1. The van der Waals surface area contributed by atoms with E-state index >= 15 is 0 Å². The Morgan fingerprint density at radius 2 is 2.00 bits per heavy atom. The number of nitrogens with two attached hydrogens (primary N) is 1. The average Bonchev–Trinajstić information content (AvgIpc) is 2.82. The molecule has 1 fully saturated rings. The molecule has 0 radical (unpaired) electrons. The summed E-state index contributed by atoms with van der Waals surface area (Å²) >= 11 is 0. The summed E-state index contributed by atoms with van der Waals surface area (Å²) in [4.78, 5) is 11.8. The van der Waals surface area contributed by atoms with Gasteiger partial charge in [-0.2, -0.15) is 0 Å². The van der Waals surface area contributed by atoms with Gasteiger partial charge >= 0.3 is 0 Å². The number of nitrogens with one attached hydrogen (secondary N) is 1. The molecule has 3 heteroatoms. The molecule has 3 nitrogen and oxygen atoms in total. The predicted molar refractivity (Wildman–Crippen MR) is 68.4 cm³/mol. The number of hydrogen-bond acceptors (Lipinski definition) is 2. The Kier molecular flexibility index (Phi) is 4.15. The van der Waals surface area contributed by atoms with Crippen molar-refractivity contribution >= 4 is 5.91 Å². The van der Waals surface area contributed by atoms with Crippen LogP contribution in [-0.4, -0.2) is 11.9 Å². The van der Waals surface area contributed by atoms with Crippen molar-refractivity contribution in [3.8, 4) is 0 Å². The first-order valence-electron chi connectivity index (χ1n) is 6.35. The maximum absolute atomic E-state index is 11.8. The van der Waals surface area contributed by atoms with Crippen LogP contribution in [0, 0.1) is 0 Å². The highest BCUT2D eigenvalue weighted by Gasteiger charge is 2.16. The van der Waals surface area contributed by atoms with E-state index in [9.17, 15) is 4.79 Å². The van der Waals surface area contributed by atoms with Gasteiger partial charge in [-0.1, -0.05) is 37.1 Å². The Morgan fingerprint density at radius 1 is 1.29 bits per heavy atom. The first-order chi connectivity index (χ1) is 8.28. The monoisotopic (exact) mass is 232 g/mol. The van der Waals surface area contributed by atoms with Crippen LogP contribution in [0.5, 0.6) is 0 Å². The molecular weight excluding hydrogens is 212 g/mol. The molecule has 0 atom stereocenters. The smallest absolute Gasteiger partial charge is 0.224 e. The molecule has 1 aromatic rings. The highest BCUT2D eigenvalue weighted by Crippen LogP contribution is 2.17. The van der Waals surface area contributed by atoms with Gasteiger partial charge in [-0.3, -0.25) is 4.79 Å². The quantitative estimate of drug-likeness (QED) is 0.831. The molecule has 1 aliphatic carbocycles. The molecule has 1 aromatic carbocycles. The van der Waals surface area contributed by atoms with E-state index in [0.717, 1.165) is 24.0 Å². The van der Waals surface area contributed by atoms with Crippen LogP contribution < -0.4 is 11.1 Å². The van der Waals surface area contributed by atoms with E-state index in [1.54, 1.807) is 0 Å². The van der Waals surface area contributed by atoms with Crippen molar-refractivity contribution in [2.24, 2.45) is 5.73 Å². The van der Waals surface area contributed by atoms with Crippen LogP contribution in [-0.2, 0) is 17.8 Å². The van der Waals surface area contributed by atoms with Crippen molar-refractivity contribution in [2.75, 3.05) is 0 Å². The number of hydrogen-bond donors (Lipinski definition) is 2. The fourth-order valence-electron chi connectivity index (χ4n) is 2.40. The van der Waals surface area contributed by atoms with E-state index < -0.39 is 0 Å². The molecule has 92 valence electrons. The average molecular weight is 232 g/mol. The van der Waals surface area contributed by atoms with Gasteiger partial charge in [0.2, 0.25) is 5.91 Å². The minimum atomic E-state index is 0.131. The minimum absolute atomic E-state index is 0.131. The third-order valence-electron chi connectivity index (χ3n) is 3.31. The molecule has 0 bridgehead atoms. The summed E-state index contributed by atoms with van der Waals surface area (Å²) in [5.74, 6) is 0.131. The first-order valence-corrected chi connectivity index (χ1v) is 6.35. The van der Waals surface area contributed by atoms with E-state index in [2.05, 4.69) is 5.32 Å². The zero-order valence-electron chi connectivity index (χ0n) is 10.1. The van der Waals surface area contributed by atoms with E-state index in [-0.39, 0.29) is 5.91 Å². The van der Waals surface area contributed by atoms with Crippen molar-refractivity contribution in [3.05, 3.63) is 35.4 Å². The third kappa shape index (κ3) is 3.56. The van der Waals surface area contributed by atoms with Gasteiger partial charge in [-0.25, -0.2) is 0 Å². The SMILES string of the molecule is NCc1cccc(CC(=O)NC2CCCC2)c1. The summed E-state index contributed by atoms with van der Waals surface area (Å²) in [5, 5.41) is 3.09. The zero-order chi connectivity index (χ0) is 12.1. The van der Waals surface area contributed by atoms with Crippen LogP contribution >= 0.6 is 0 Å². The van der Waals surface area contributed by atoms with E-state index in [1.165, 1.54) is 12.8 Å². The maximum Gasteiger partial charge on any atom is 0.224 e. The molecule has 0 unspecified atom stereocenters. The lowest BCUT2D eigenvalue weighted by molar-refractivity contribution is -0.121. The summed E-state index contributed by atoms with van der Waals surface area (Å²) in [6.07, 6.45) is 5.22. The van der Waals surface area contributed by atoms with Crippen LogP contribution in [0.4, 0.5) is 0 Å². The van der Waals surface area contributed by atoms with Gasteiger partial charge in [0.05, 0.1) is 6.42 Å². The molecule has 0 spiro atoms. The summed E-state index contributed by atoms with van der Waals surface area (Å²) in [6.45, 7) is 0.526. The predicted octanol–water partition coefficient (Wildman–Crippen LogP) is 1.75. The van der Waals surface area contributed by atoms with Crippen molar-refractivity contribution in [3.63, 3.8) is 0 Å². The summed E-state index contributed by atoms with van der Waals surface area (Å²) in [5.41, 5.74) is 7.71. The Morgan fingerprint density at radius 3 is 2.71 bits per heavy atom. The fourth-order valence-corrected chi connectivity index (χ4v) is 2.40. The normalized spacial score (nSPS) is 16.1. The molecule has 1 aliphatic rings. The highest BCUT2D eigenvalue weighted by atomic mass is 16.1. The second-order valence-corrected chi connectivity index (χ2v) is 4.75. The van der Waals surface area contributed by atoms with Crippen LogP contribution in [0.15, 0.2) is 24.3 Å². The topological polar surface area (TPSA) is 55.1 Å². The molecule has 0 heterocycles. The van der Waals surface area contributed by atoms with Crippen molar-refractivity contribution in [1.82, 2.24) is 5.32 Å². The largest absolute Gasteiger partial charge is 0.353 e. The van der Waals surface area contributed by atoms with Crippen LogP contribution in [0.2, 0.25) is 0 Å². The zero-order valence-corrected chi connectivity index (χ0v) is 10.1. The van der Waals surface area contributed by atoms with E-state index in [4.69, 9.17) is 5.73 Å². The minimum Gasteiger partial charge on any atom is -0.353 e. The van der Waals surface area contributed by atoms with Crippen LogP contribution in [0.1, 0.15) is 36.8 Å². The molecule has 0 saturated heterocycles.